The SMILES string of the molecule is CC(C)(C)C1N=C(c2ccc(Cl)cc2)SO1. The average molecular weight is 256 g/mol. The van der Waals surface area contributed by atoms with Gasteiger partial charge in [-0.05, 0) is 12.1 Å². The number of hydrogen-bond donors (Lipinski definition) is 0. The highest BCUT2D eigenvalue weighted by Crippen LogP contribution is 2.34. The minimum atomic E-state index is -0.0804. The quantitative estimate of drug-likeness (QED) is 0.704. The Labute approximate surface area is 105 Å². The second kappa shape index (κ2) is 4.40. The number of halogens is 1. The fourth-order valence-corrected chi connectivity index (χ4v) is 2.30. The largest absolute Gasteiger partial charge is 0.282 e. The van der Waals surface area contributed by atoms with Crippen molar-refractivity contribution in [2.24, 2.45) is 10.4 Å². The highest BCUT2D eigenvalue weighted by Gasteiger charge is 2.31. The van der Waals surface area contributed by atoms with Crippen LogP contribution >= 0.6 is 23.6 Å². The Balaban J connectivity index is 2.21. The molecular weight excluding hydrogens is 242 g/mol. The van der Waals surface area contributed by atoms with E-state index in [1.807, 2.05) is 24.3 Å². The van der Waals surface area contributed by atoms with Crippen LogP contribution < -0.4 is 0 Å². The van der Waals surface area contributed by atoms with Gasteiger partial charge in [0.1, 0.15) is 5.04 Å². The topological polar surface area (TPSA) is 21.6 Å². The Morgan fingerprint density at radius 3 is 2.38 bits per heavy atom. The zero-order valence-corrected chi connectivity index (χ0v) is 11.1. The summed E-state index contributed by atoms with van der Waals surface area (Å²) in [5.41, 5.74) is 1.09. The molecule has 4 heteroatoms. The molecule has 0 amide bonds. The summed E-state index contributed by atoms with van der Waals surface area (Å²) in [6, 6.07) is 7.65. The Bertz CT molecular complexity index is 408. The molecule has 1 atom stereocenters. The molecule has 1 heterocycles. The highest BCUT2D eigenvalue weighted by molar-refractivity contribution is 8.10. The lowest BCUT2D eigenvalue weighted by Gasteiger charge is -2.21. The summed E-state index contributed by atoms with van der Waals surface area (Å²) in [6.07, 6.45) is -0.0804. The van der Waals surface area contributed by atoms with Gasteiger partial charge < -0.3 is 0 Å². The maximum absolute atomic E-state index is 5.84. The third-order valence-electron chi connectivity index (χ3n) is 2.28. The van der Waals surface area contributed by atoms with Crippen LogP contribution in [0.5, 0.6) is 0 Å². The van der Waals surface area contributed by atoms with Gasteiger partial charge in [-0.1, -0.05) is 44.5 Å². The molecule has 0 radical (unpaired) electrons. The summed E-state index contributed by atoms with van der Waals surface area (Å²) in [7, 11) is 0. The summed E-state index contributed by atoms with van der Waals surface area (Å²) < 4.78 is 5.59. The number of nitrogens with zero attached hydrogens (tertiary/aromatic N) is 1. The van der Waals surface area contributed by atoms with Gasteiger partial charge in [-0.15, -0.1) is 0 Å². The number of aliphatic imine (C=N–C) groups is 1. The van der Waals surface area contributed by atoms with E-state index in [4.69, 9.17) is 15.8 Å². The minimum absolute atomic E-state index is 0.0289. The maximum Gasteiger partial charge on any atom is 0.168 e. The normalized spacial score (nSPS) is 21.0. The second-order valence-electron chi connectivity index (χ2n) is 4.84. The number of hydrogen-bond acceptors (Lipinski definition) is 3. The molecule has 0 fully saturated rings. The van der Waals surface area contributed by atoms with E-state index in [0.29, 0.717) is 0 Å². The van der Waals surface area contributed by atoms with Gasteiger partial charge in [0.25, 0.3) is 0 Å². The lowest BCUT2D eigenvalue weighted by molar-refractivity contribution is 0.126. The minimum Gasteiger partial charge on any atom is -0.282 e. The first-order valence-electron chi connectivity index (χ1n) is 5.14. The zero-order chi connectivity index (χ0) is 11.8. The standard InChI is InChI=1S/C12H14ClNOS/c1-12(2,3)11-14-10(16-15-11)8-4-6-9(13)7-5-8/h4-7,11H,1-3H3. The van der Waals surface area contributed by atoms with Crippen LogP contribution in [0.15, 0.2) is 29.3 Å². The molecule has 1 aliphatic heterocycles. The molecule has 16 heavy (non-hydrogen) atoms. The van der Waals surface area contributed by atoms with Crippen molar-refractivity contribution in [2.45, 2.75) is 27.0 Å². The fraction of sp³-hybridized carbons (Fsp3) is 0.417. The molecular formula is C12H14ClNOS. The van der Waals surface area contributed by atoms with Gasteiger partial charge in [0.05, 0.1) is 12.0 Å². The van der Waals surface area contributed by atoms with E-state index in [2.05, 4.69) is 25.8 Å². The predicted octanol–water partition coefficient (Wildman–Crippen LogP) is 4.14. The number of rotatable bonds is 1. The molecule has 1 aliphatic rings. The van der Waals surface area contributed by atoms with Crippen LogP contribution in [-0.4, -0.2) is 11.3 Å². The van der Waals surface area contributed by atoms with E-state index >= 15 is 0 Å². The van der Waals surface area contributed by atoms with Gasteiger partial charge in [-0.3, -0.25) is 4.18 Å². The van der Waals surface area contributed by atoms with Crippen LogP contribution in [-0.2, 0) is 4.18 Å². The molecule has 1 aromatic carbocycles. The molecule has 0 aromatic heterocycles. The van der Waals surface area contributed by atoms with Crippen molar-refractivity contribution in [3.63, 3.8) is 0 Å². The van der Waals surface area contributed by atoms with E-state index in [1.54, 1.807) is 0 Å². The van der Waals surface area contributed by atoms with Crippen molar-refractivity contribution < 1.29 is 4.18 Å². The molecule has 2 nitrogen and oxygen atoms in total. The predicted molar refractivity (Wildman–Crippen MR) is 69.9 cm³/mol. The van der Waals surface area contributed by atoms with Crippen LogP contribution in [0.4, 0.5) is 0 Å². The molecule has 0 saturated carbocycles. The van der Waals surface area contributed by atoms with Crippen molar-refractivity contribution >= 4 is 28.7 Å². The van der Waals surface area contributed by atoms with Gasteiger partial charge in [-0.25, -0.2) is 4.99 Å². The van der Waals surface area contributed by atoms with Gasteiger partial charge >= 0.3 is 0 Å². The first-order valence-corrected chi connectivity index (χ1v) is 6.26. The maximum atomic E-state index is 5.84. The highest BCUT2D eigenvalue weighted by atomic mass is 35.5. The van der Waals surface area contributed by atoms with Gasteiger partial charge in [0, 0.05) is 16.0 Å². The summed E-state index contributed by atoms with van der Waals surface area (Å²) in [5.74, 6) is 0. The first-order chi connectivity index (χ1) is 7.47. The van der Waals surface area contributed by atoms with E-state index < -0.39 is 0 Å². The van der Waals surface area contributed by atoms with E-state index in [1.165, 1.54) is 12.0 Å². The Kier molecular flexibility index (Phi) is 3.29. The smallest absolute Gasteiger partial charge is 0.168 e. The Morgan fingerprint density at radius 2 is 1.88 bits per heavy atom. The van der Waals surface area contributed by atoms with Crippen molar-refractivity contribution in [1.29, 1.82) is 0 Å². The average Bonchev–Trinajstić information content (AvgIpc) is 2.67. The number of benzene rings is 1. The second-order valence-corrected chi connectivity index (χ2v) is 6.02. The Morgan fingerprint density at radius 1 is 1.25 bits per heavy atom. The molecule has 0 N–H and O–H groups in total. The van der Waals surface area contributed by atoms with Gasteiger partial charge in [0.15, 0.2) is 6.23 Å². The van der Waals surface area contributed by atoms with E-state index in [0.717, 1.165) is 15.6 Å². The summed E-state index contributed by atoms with van der Waals surface area (Å²) >= 11 is 7.18. The van der Waals surface area contributed by atoms with Crippen LogP contribution in [0, 0.1) is 5.41 Å². The molecule has 0 saturated heterocycles. The third kappa shape index (κ3) is 2.59. The van der Waals surface area contributed by atoms with Crippen molar-refractivity contribution in [1.82, 2.24) is 0 Å². The first kappa shape index (κ1) is 12.0. The summed E-state index contributed by atoms with van der Waals surface area (Å²) in [5, 5.41) is 1.66. The molecule has 2 rings (SSSR count). The zero-order valence-electron chi connectivity index (χ0n) is 9.53. The van der Waals surface area contributed by atoms with Crippen molar-refractivity contribution in [3.05, 3.63) is 34.9 Å². The molecule has 86 valence electrons. The summed E-state index contributed by atoms with van der Waals surface area (Å²) in [6.45, 7) is 6.35. The molecule has 1 aromatic rings. The molecule has 0 spiro atoms. The van der Waals surface area contributed by atoms with Crippen LogP contribution in [0.2, 0.25) is 5.02 Å². The summed E-state index contributed by atoms with van der Waals surface area (Å²) in [4.78, 5) is 4.57. The Hall–Kier alpha value is -0.510. The third-order valence-corrected chi connectivity index (χ3v) is 3.31. The molecule has 0 bridgehead atoms. The van der Waals surface area contributed by atoms with Crippen molar-refractivity contribution in [2.75, 3.05) is 0 Å². The lowest BCUT2D eigenvalue weighted by Crippen LogP contribution is -2.23. The fourth-order valence-electron chi connectivity index (χ4n) is 1.29. The molecule has 0 aliphatic carbocycles. The monoisotopic (exact) mass is 255 g/mol. The van der Waals surface area contributed by atoms with Crippen LogP contribution in [0.1, 0.15) is 26.3 Å². The van der Waals surface area contributed by atoms with Crippen LogP contribution in [0.25, 0.3) is 0 Å². The van der Waals surface area contributed by atoms with E-state index in [9.17, 15) is 0 Å². The van der Waals surface area contributed by atoms with Gasteiger partial charge in [0.2, 0.25) is 0 Å². The van der Waals surface area contributed by atoms with Gasteiger partial charge in [-0.2, -0.15) is 0 Å². The van der Waals surface area contributed by atoms with E-state index in [-0.39, 0.29) is 11.6 Å². The van der Waals surface area contributed by atoms with Crippen LogP contribution in [0.3, 0.4) is 0 Å². The molecule has 1 unspecified atom stereocenters. The lowest BCUT2D eigenvalue weighted by atomic mass is 9.95. The van der Waals surface area contributed by atoms with Crippen molar-refractivity contribution in [3.8, 4) is 0 Å².